The lowest BCUT2D eigenvalue weighted by Gasteiger charge is -2.34. The summed E-state index contributed by atoms with van der Waals surface area (Å²) in [6.45, 7) is 0. The Morgan fingerprint density at radius 2 is 1.88 bits per heavy atom. The molecule has 34 heavy (non-hydrogen) atoms. The smallest absolute Gasteiger partial charge is 0.416 e. The number of amides is 1. The van der Waals surface area contributed by atoms with Gasteiger partial charge >= 0.3 is 6.18 Å². The zero-order chi connectivity index (χ0) is 24.8. The summed E-state index contributed by atoms with van der Waals surface area (Å²) in [5.74, 6) is -1.61. The lowest BCUT2D eigenvalue weighted by molar-refractivity contribution is -0.137. The number of benzene rings is 2. The molecule has 1 fully saturated rings. The largest absolute Gasteiger partial charge is 0.490 e. The van der Waals surface area contributed by atoms with Gasteiger partial charge < -0.3 is 9.15 Å². The molecule has 0 spiro atoms. The Balaban J connectivity index is 1.68. The molecule has 1 amide bonds. The van der Waals surface area contributed by atoms with E-state index in [1.807, 2.05) is 4.72 Å². The quantitative estimate of drug-likeness (QED) is 0.541. The van der Waals surface area contributed by atoms with Crippen molar-refractivity contribution in [1.29, 1.82) is 0 Å². The molecule has 1 saturated carbocycles. The van der Waals surface area contributed by atoms with Crippen LogP contribution in [0.25, 0.3) is 22.3 Å². The Hall–Kier alpha value is -3.05. The molecule has 0 radical (unpaired) electrons. The molecule has 7 nitrogen and oxygen atoms in total. The molecule has 1 aliphatic rings. The van der Waals surface area contributed by atoms with Crippen molar-refractivity contribution < 1.29 is 35.5 Å². The van der Waals surface area contributed by atoms with Crippen LogP contribution in [-0.2, 0) is 21.0 Å². The molecule has 0 saturated heterocycles. The number of hydrogen-bond acceptors (Lipinski definition) is 6. The van der Waals surface area contributed by atoms with Gasteiger partial charge in [-0.05, 0) is 43.2 Å². The second-order valence-electron chi connectivity index (χ2n) is 7.95. The topological polar surface area (TPSA) is 103 Å². The monoisotopic (exact) mass is 515 g/mol. The molecule has 1 N–H and O–H groups in total. The predicted molar refractivity (Wildman–Crippen MR) is 118 cm³/mol. The molecular weight excluding hydrogens is 499 g/mol. The molecule has 1 aromatic heterocycles. The summed E-state index contributed by atoms with van der Waals surface area (Å²) >= 11 is 6.13. The van der Waals surface area contributed by atoms with Gasteiger partial charge in [-0.1, -0.05) is 17.7 Å². The Morgan fingerprint density at radius 1 is 1.18 bits per heavy atom. The fourth-order valence-electron chi connectivity index (χ4n) is 3.60. The van der Waals surface area contributed by atoms with Crippen molar-refractivity contribution in [1.82, 2.24) is 4.72 Å². The highest BCUT2D eigenvalue weighted by Gasteiger charge is 2.38. The van der Waals surface area contributed by atoms with Crippen LogP contribution in [0.3, 0.4) is 0 Å². The molecule has 4 rings (SSSR count). The van der Waals surface area contributed by atoms with Gasteiger partial charge in [-0.2, -0.15) is 13.2 Å². The normalized spacial score (nSPS) is 18.4. The first-order valence-electron chi connectivity index (χ1n) is 9.94. The van der Waals surface area contributed by atoms with Gasteiger partial charge in [-0.3, -0.25) is 14.3 Å². The van der Waals surface area contributed by atoms with Crippen LogP contribution in [0.1, 0.15) is 18.4 Å². The second-order valence-corrected chi connectivity index (χ2v) is 10.1. The van der Waals surface area contributed by atoms with Gasteiger partial charge in [0.05, 0.1) is 27.8 Å². The molecular formula is C22H17ClF3NO6S. The molecule has 0 atom stereocenters. The minimum Gasteiger partial charge on any atom is -0.490 e. The molecule has 1 aliphatic carbocycles. The van der Waals surface area contributed by atoms with Crippen LogP contribution in [-0.4, -0.2) is 26.7 Å². The van der Waals surface area contributed by atoms with E-state index in [-0.39, 0.29) is 45.9 Å². The number of sulfonamides is 1. The lowest BCUT2D eigenvalue weighted by atomic mass is 9.82. The molecule has 0 aliphatic heterocycles. The Morgan fingerprint density at radius 3 is 2.53 bits per heavy atom. The number of rotatable bonds is 5. The average Bonchev–Trinajstić information content (AvgIpc) is 2.68. The molecule has 0 bridgehead atoms. The number of alkyl halides is 3. The summed E-state index contributed by atoms with van der Waals surface area (Å²) in [5, 5.41) is 0.369. The van der Waals surface area contributed by atoms with Crippen molar-refractivity contribution in [3.63, 3.8) is 0 Å². The van der Waals surface area contributed by atoms with Crippen LogP contribution >= 0.6 is 11.6 Å². The number of carbonyl (C=O) groups excluding carboxylic acids is 1. The van der Waals surface area contributed by atoms with Crippen molar-refractivity contribution in [2.75, 3.05) is 6.26 Å². The van der Waals surface area contributed by atoms with Crippen LogP contribution in [0.4, 0.5) is 13.2 Å². The third-order valence-corrected chi connectivity index (χ3v) is 6.20. The maximum atomic E-state index is 13.3. The summed E-state index contributed by atoms with van der Waals surface area (Å²) in [4.78, 5) is 24.5. The highest BCUT2D eigenvalue weighted by molar-refractivity contribution is 7.89. The summed E-state index contributed by atoms with van der Waals surface area (Å²) < 4.78 is 75.8. The van der Waals surface area contributed by atoms with Crippen molar-refractivity contribution in [3.8, 4) is 17.1 Å². The molecule has 12 heteroatoms. The molecule has 1 heterocycles. The minimum atomic E-state index is -4.65. The third kappa shape index (κ3) is 5.05. The van der Waals surface area contributed by atoms with Gasteiger partial charge in [0.2, 0.25) is 15.9 Å². The zero-order valence-electron chi connectivity index (χ0n) is 17.5. The Kier molecular flexibility index (Phi) is 6.11. The number of fused-ring (bicyclic) bond motifs is 1. The Labute approximate surface area is 196 Å². The van der Waals surface area contributed by atoms with E-state index in [4.69, 9.17) is 20.8 Å². The third-order valence-electron chi connectivity index (χ3n) is 5.33. The highest BCUT2D eigenvalue weighted by Crippen LogP contribution is 2.41. The zero-order valence-corrected chi connectivity index (χ0v) is 19.1. The van der Waals surface area contributed by atoms with E-state index in [0.717, 1.165) is 30.5 Å². The first-order chi connectivity index (χ1) is 15.8. The van der Waals surface area contributed by atoms with E-state index in [1.54, 1.807) is 6.07 Å². The summed E-state index contributed by atoms with van der Waals surface area (Å²) in [6, 6.07) is 8.48. The van der Waals surface area contributed by atoms with Gasteiger partial charge in [0.1, 0.15) is 17.6 Å². The highest BCUT2D eigenvalue weighted by atomic mass is 35.5. The lowest BCUT2D eigenvalue weighted by Crippen LogP contribution is -2.45. The van der Waals surface area contributed by atoms with Crippen LogP contribution in [0.5, 0.6) is 5.75 Å². The first-order valence-corrected chi connectivity index (χ1v) is 12.2. The summed E-state index contributed by atoms with van der Waals surface area (Å²) in [6.07, 6.45) is -4.25. The van der Waals surface area contributed by atoms with E-state index < -0.39 is 45.1 Å². The number of carbonyl (C=O) groups is 1. The van der Waals surface area contributed by atoms with Crippen molar-refractivity contribution in [2.45, 2.75) is 25.1 Å². The maximum Gasteiger partial charge on any atom is 0.416 e. The predicted octanol–water partition coefficient (Wildman–Crippen LogP) is 4.37. The summed E-state index contributed by atoms with van der Waals surface area (Å²) in [7, 11) is -3.73. The van der Waals surface area contributed by atoms with Crippen molar-refractivity contribution >= 4 is 38.5 Å². The first kappa shape index (κ1) is 24.1. The SMILES string of the molecule is CS(=O)(=O)NC(=O)C1CC(Oc2cc(C(F)(F)F)ccc2-c2cc(=O)c3cccc(Cl)c3o2)C1. The van der Waals surface area contributed by atoms with Crippen LogP contribution < -0.4 is 14.9 Å². The Bertz CT molecular complexity index is 1450. The van der Waals surface area contributed by atoms with Gasteiger partial charge in [0, 0.05) is 12.0 Å². The fourth-order valence-corrected chi connectivity index (χ4v) is 4.34. The van der Waals surface area contributed by atoms with E-state index in [1.165, 1.54) is 12.1 Å². The van der Waals surface area contributed by atoms with Crippen molar-refractivity contribution in [3.05, 3.63) is 63.3 Å². The molecule has 2 aromatic carbocycles. The fraction of sp³-hybridized carbons (Fsp3) is 0.273. The molecule has 180 valence electrons. The number of hydrogen-bond donors (Lipinski definition) is 1. The van der Waals surface area contributed by atoms with E-state index in [9.17, 15) is 31.2 Å². The van der Waals surface area contributed by atoms with E-state index in [2.05, 4.69) is 0 Å². The number of para-hydroxylation sites is 1. The minimum absolute atomic E-state index is 0.0417. The van der Waals surface area contributed by atoms with Gasteiger partial charge in [0.25, 0.3) is 0 Å². The van der Waals surface area contributed by atoms with Gasteiger partial charge in [-0.15, -0.1) is 0 Å². The number of ether oxygens (including phenoxy) is 1. The standard InChI is InChI=1S/C22H17ClF3NO6S/c1-34(30,31)27-21(29)11-7-13(8-11)32-18-9-12(22(24,25)26)5-6-15(18)19-10-17(28)14-3-2-4-16(23)20(14)33-19/h2-6,9-11,13H,7-8H2,1H3,(H,27,29). The number of halogens is 4. The molecule has 3 aromatic rings. The van der Waals surface area contributed by atoms with Crippen LogP contribution in [0.15, 0.2) is 51.7 Å². The number of nitrogens with one attached hydrogen (secondary N) is 1. The average molecular weight is 516 g/mol. The van der Waals surface area contributed by atoms with E-state index in [0.29, 0.717) is 0 Å². The maximum absolute atomic E-state index is 13.3. The van der Waals surface area contributed by atoms with Gasteiger partial charge in [0.15, 0.2) is 11.0 Å². The molecule has 0 unspecified atom stereocenters. The van der Waals surface area contributed by atoms with Crippen LogP contribution in [0.2, 0.25) is 5.02 Å². The van der Waals surface area contributed by atoms with Gasteiger partial charge in [-0.25, -0.2) is 8.42 Å². The second kappa shape index (κ2) is 8.62. The summed E-state index contributed by atoms with van der Waals surface area (Å²) in [5.41, 5.74) is -1.24. The van der Waals surface area contributed by atoms with E-state index >= 15 is 0 Å². The van der Waals surface area contributed by atoms with Crippen molar-refractivity contribution in [2.24, 2.45) is 5.92 Å². The van der Waals surface area contributed by atoms with Crippen LogP contribution in [0, 0.1) is 5.92 Å².